The molecule has 0 aromatic heterocycles. The lowest BCUT2D eigenvalue weighted by molar-refractivity contribution is 0.194. The van der Waals surface area contributed by atoms with Gasteiger partial charge >= 0.3 is 0 Å². The monoisotopic (exact) mass is 169 g/mol. The molecule has 0 aliphatic heterocycles. The Balaban J connectivity index is 2.79. The third kappa shape index (κ3) is 1.62. The highest BCUT2D eigenvalue weighted by atomic mass is 16.6. The average molecular weight is 169 g/mol. The number of hydrogen-bond acceptors (Lipinski definition) is 2. The molecule has 0 heterocycles. The van der Waals surface area contributed by atoms with E-state index in [9.17, 15) is 0 Å². The van der Waals surface area contributed by atoms with Gasteiger partial charge < -0.3 is 4.84 Å². The predicted molar refractivity (Wildman–Crippen MR) is 51.2 cm³/mol. The Labute approximate surface area is 75.0 Å². The highest BCUT2D eigenvalue weighted by Gasteiger charge is 2.35. The standard InChI is InChI=1S/C10H19NO/c1-8-6-5-7-9(11-12-4)10(8,2)3/h8H,5-7H2,1-4H3/b11-9+. The van der Waals surface area contributed by atoms with Crippen molar-refractivity contribution in [3.05, 3.63) is 0 Å². The van der Waals surface area contributed by atoms with Gasteiger partial charge in [0.2, 0.25) is 0 Å². The van der Waals surface area contributed by atoms with Crippen molar-refractivity contribution in [1.82, 2.24) is 0 Å². The van der Waals surface area contributed by atoms with E-state index in [-0.39, 0.29) is 5.41 Å². The Morgan fingerprint density at radius 3 is 2.75 bits per heavy atom. The van der Waals surface area contributed by atoms with Gasteiger partial charge in [0.15, 0.2) is 0 Å². The summed E-state index contributed by atoms with van der Waals surface area (Å²) in [6.07, 6.45) is 3.67. The van der Waals surface area contributed by atoms with Crippen molar-refractivity contribution < 1.29 is 4.84 Å². The quantitative estimate of drug-likeness (QED) is 0.553. The predicted octanol–water partition coefficient (Wildman–Crippen LogP) is 2.84. The summed E-state index contributed by atoms with van der Waals surface area (Å²) >= 11 is 0. The van der Waals surface area contributed by atoms with E-state index in [1.165, 1.54) is 18.6 Å². The van der Waals surface area contributed by atoms with Crippen molar-refractivity contribution in [3.63, 3.8) is 0 Å². The largest absolute Gasteiger partial charge is 0.399 e. The van der Waals surface area contributed by atoms with Crippen LogP contribution in [0.2, 0.25) is 0 Å². The van der Waals surface area contributed by atoms with E-state index in [0.717, 1.165) is 12.3 Å². The Kier molecular flexibility index (Phi) is 2.76. The van der Waals surface area contributed by atoms with Crippen molar-refractivity contribution in [3.8, 4) is 0 Å². The van der Waals surface area contributed by atoms with E-state index >= 15 is 0 Å². The van der Waals surface area contributed by atoms with Crippen molar-refractivity contribution in [2.75, 3.05) is 7.11 Å². The van der Waals surface area contributed by atoms with Gasteiger partial charge in [-0.2, -0.15) is 0 Å². The summed E-state index contributed by atoms with van der Waals surface area (Å²) in [5, 5.41) is 4.10. The first-order valence-corrected chi connectivity index (χ1v) is 4.69. The van der Waals surface area contributed by atoms with E-state index < -0.39 is 0 Å². The molecule has 1 atom stereocenters. The number of oxime groups is 1. The van der Waals surface area contributed by atoms with Gasteiger partial charge in [0.25, 0.3) is 0 Å². The normalized spacial score (nSPS) is 32.0. The molecule has 2 heteroatoms. The molecule has 70 valence electrons. The number of hydrogen-bond donors (Lipinski definition) is 0. The second kappa shape index (κ2) is 3.46. The lowest BCUT2D eigenvalue weighted by atomic mass is 9.68. The SMILES string of the molecule is CO/N=C1\CCCC(C)C1(C)C. The molecule has 1 aliphatic rings. The van der Waals surface area contributed by atoms with Crippen molar-refractivity contribution in [2.24, 2.45) is 16.5 Å². The molecule has 0 aromatic rings. The summed E-state index contributed by atoms with van der Waals surface area (Å²) in [4.78, 5) is 4.85. The first kappa shape index (κ1) is 9.56. The summed E-state index contributed by atoms with van der Waals surface area (Å²) in [6.45, 7) is 6.81. The Morgan fingerprint density at radius 1 is 1.50 bits per heavy atom. The minimum Gasteiger partial charge on any atom is -0.399 e. The van der Waals surface area contributed by atoms with Crippen LogP contribution in [-0.4, -0.2) is 12.8 Å². The lowest BCUT2D eigenvalue weighted by Crippen LogP contribution is -2.35. The van der Waals surface area contributed by atoms with Crippen LogP contribution >= 0.6 is 0 Å². The summed E-state index contributed by atoms with van der Waals surface area (Å²) in [5.41, 5.74) is 1.46. The third-order valence-electron chi connectivity index (χ3n) is 3.23. The van der Waals surface area contributed by atoms with Crippen LogP contribution in [-0.2, 0) is 4.84 Å². The van der Waals surface area contributed by atoms with Crippen LogP contribution in [0.3, 0.4) is 0 Å². The molecule has 0 aromatic carbocycles. The van der Waals surface area contributed by atoms with Crippen LogP contribution < -0.4 is 0 Å². The van der Waals surface area contributed by atoms with Gasteiger partial charge in [-0.15, -0.1) is 0 Å². The molecule has 1 aliphatic carbocycles. The van der Waals surface area contributed by atoms with Gasteiger partial charge in [-0.1, -0.05) is 25.9 Å². The molecule has 1 rings (SSSR count). The highest BCUT2D eigenvalue weighted by molar-refractivity contribution is 5.90. The summed E-state index contributed by atoms with van der Waals surface area (Å²) in [5.74, 6) is 0.722. The number of nitrogens with zero attached hydrogens (tertiary/aromatic N) is 1. The van der Waals surface area contributed by atoms with E-state index in [0.29, 0.717) is 0 Å². The molecule has 1 fully saturated rings. The van der Waals surface area contributed by atoms with Gasteiger partial charge in [-0.05, 0) is 25.2 Å². The molecule has 0 saturated heterocycles. The van der Waals surface area contributed by atoms with E-state index in [2.05, 4.69) is 25.9 Å². The molecule has 2 nitrogen and oxygen atoms in total. The van der Waals surface area contributed by atoms with Crippen LogP contribution in [0, 0.1) is 11.3 Å². The molecule has 0 bridgehead atoms. The summed E-state index contributed by atoms with van der Waals surface area (Å²) in [7, 11) is 1.63. The average Bonchev–Trinajstić information content (AvgIpc) is 2.00. The van der Waals surface area contributed by atoms with Crippen LogP contribution in [0.4, 0.5) is 0 Å². The second-order valence-electron chi connectivity index (χ2n) is 4.24. The van der Waals surface area contributed by atoms with E-state index in [1.807, 2.05) is 0 Å². The molecular formula is C10H19NO. The fraction of sp³-hybridized carbons (Fsp3) is 0.900. The maximum absolute atomic E-state index is 4.85. The van der Waals surface area contributed by atoms with Crippen molar-refractivity contribution in [2.45, 2.75) is 40.0 Å². The van der Waals surface area contributed by atoms with Crippen LogP contribution in [0.1, 0.15) is 40.0 Å². The summed E-state index contributed by atoms with van der Waals surface area (Å²) < 4.78 is 0. The maximum atomic E-state index is 4.85. The van der Waals surface area contributed by atoms with Crippen molar-refractivity contribution >= 4 is 5.71 Å². The van der Waals surface area contributed by atoms with Crippen molar-refractivity contribution in [1.29, 1.82) is 0 Å². The lowest BCUT2D eigenvalue weighted by Gasteiger charge is -2.37. The minimum absolute atomic E-state index is 0.230. The Morgan fingerprint density at radius 2 is 2.17 bits per heavy atom. The van der Waals surface area contributed by atoms with Gasteiger partial charge in [0, 0.05) is 5.41 Å². The second-order valence-corrected chi connectivity index (χ2v) is 4.24. The van der Waals surface area contributed by atoms with Gasteiger partial charge in [-0.3, -0.25) is 0 Å². The summed E-state index contributed by atoms with van der Waals surface area (Å²) in [6, 6.07) is 0. The van der Waals surface area contributed by atoms with E-state index in [4.69, 9.17) is 4.84 Å². The minimum atomic E-state index is 0.230. The Bertz CT molecular complexity index is 184. The number of rotatable bonds is 1. The molecule has 0 amide bonds. The molecule has 1 saturated carbocycles. The topological polar surface area (TPSA) is 21.6 Å². The van der Waals surface area contributed by atoms with Crippen LogP contribution in [0.15, 0.2) is 5.16 Å². The third-order valence-corrected chi connectivity index (χ3v) is 3.23. The zero-order chi connectivity index (χ0) is 9.19. The fourth-order valence-corrected chi connectivity index (χ4v) is 1.82. The van der Waals surface area contributed by atoms with Gasteiger partial charge in [0.1, 0.15) is 7.11 Å². The molecule has 0 N–H and O–H groups in total. The van der Waals surface area contributed by atoms with Crippen LogP contribution in [0.25, 0.3) is 0 Å². The van der Waals surface area contributed by atoms with Crippen LogP contribution in [0.5, 0.6) is 0 Å². The molecule has 0 radical (unpaired) electrons. The fourth-order valence-electron chi connectivity index (χ4n) is 1.82. The van der Waals surface area contributed by atoms with E-state index in [1.54, 1.807) is 7.11 Å². The highest BCUT2D eigenvalue weighted by Crippen LogP contribution is 2.38. The zero-order valence-electron chi connectivity index (χ0n) is 8.55. The molecule has 0 spiro atoms. The first-order valence-electron chi connectivity index (χ1n) is 4.69. The molecule has 12 heavy (non-hydrogen) atoms. The smallest absolute Gasteiger partial charge is 0.106 e. The molecular weight excluding hydrogens is 150 g/mol. The molecule has 1 unspecified atom stereocenters. The van der Waals surface area contributed by atoms with Gasteiger partial charge in [-0.25, -0.2) is 0 Å². The van der Waals surface area contributed by atoms with Gasteiger partial charge in [0.05, 0.1) is 5.71 Å². The maximum Gasteiger partial charge on any atom is 0.106 e. The first-order chi connectivity index (χ1) is 5.59. The Hall–Kier alpha value is -0.530. The zero-order valence-corrected chi connectivity index (χ0v) is 8.55.